The molecule has 1 aromatic heterocycles. The summed E-state index contributed by atoms with van der Waals surface area (Å²) in [5, 5.41) is 3.29. The highest BCUT2D eigenvalue weighted by Gasteiger charge is 1.95. The van der Waals surface area contributed by atoms with Crippen LogP contribution < -0.4 is 10.1 Å². The number of nitrogens with zero attached hydrogens (tertiary/aromatic N) is 1. The standard InChI is InChI=1S/C12H19BrN2O2/c1-16-7-5-14-4-2-3-6-17-12-8-11(13)9-15-10-12/h8-10,14H,2-7H2,1H3. The topological polar surface area (TPSA) is 43.4 Å². The second-order valence-electron chi connectivity index (χ2n) is 3.64. The lowest BCUT2D eigenvalue weighted by atomic mass is 10.3. The number of rotatable bonds is 9. The molecule has 1 rings (SSSR count). The zero-order valence-corrected chi connectivity index (χ0v) is 11.7. The maximum absolute atomic E-state index is 5.57. The van der Waals surface area contributed by atoms with E-state index in [-0.39, 0.29) is 0 Å². The first-order chi connectivity index (χ1) is 8.33. The van der Waals surface area contributed by atoms with Crippen molar-refractivity contribution in [3.05, 3.63) is 22.9 Å². The monoisotopic (exact) mass is 302 g/mol. The van der Waals surface area contributed by atoms with Crippen molar-refractivity contribution in [2.75, 3.05) is 33.4 Å². The molecule has 96 valence electrons. The van der Waals surface area contributed by atoms with Crippen molar-refractivity contribution in [3.8, 4) is 5.75 Å². The second-order valence-corrected chi connectivity index (χ2v) is 4.55. The van der Waals surface area contributed by atoms with E-state index in [1.165, 1.54) is 0 Å². The number of aromatic nitrogens is 1. The van der Waals surface area contributed by atoms with E-state index in [2.05, 4.69) is 26.2 Å². The van der Waals surface area contributed by atoms with E-state index in [4.69, 9.17) is 9.47 Å². The molecule has 0 aliphatic rings. The lowest BCUT2D eigenvalue weighted by Crippen LogP contribution is -2.20. The third kappa shape index (κ3) is 7.31. The van der Waals surface area contributed by atoms with Crippen molar-refractivity contribution in [1.82, 2.24) is 10.3 Å². The van der Waals surface area contributed by atoms with Crippen molar-refractivity contribution in [1.29, 1.82) is 0 Å². The van der Waals surface area contributed by atoms with Crippen LogP contribution in [0.5, 0.6) is 5.75 Å². The molecule has 0 aliphatic carbocycles. The second kappa shape index (κ2) is 9.39. The van der Waals surface area contributed by atoms with E-state index < -0.39 is 0 Å². The van der Waals surface area contributed by atoms with Crippen molar-refractivity contribution >= 4 is 15.9 Å². The molecule has 1 N–H and O–H groups in total. The van der Waals surface area contributed by atoms with E-state index in [0.717, 1.165) is 49.4 Å². The molecule has 0 unspecified atom stereocenters. The van der Waals surface area contributed by atoms with Gasteiger partial charge in [0, 0.05) is 24.3 Å². The molecular weight excluding hydrogens is 284 g/mol. The van der Waals surface area contributed by atoms with Gasteiger partial charge in [-0.2, -0.15) is 0 Å². The number of ether oxygens (including phenoxy) is 2. The van der Waals surface area contributed by atoms with Crippen LogP contribution in [0.25, 0.3) is 0 Å². The van der Waals surface area contributed by atoms with Crippen LogP contribution in [0.2, 0.25) is 0 Å². The third-order valence-corrected chi connectivity index (χ3v) is 2.61. The highest BCUT2D eigenvalue weighted by molar-refractivity contribution is 9.10. The molecule has 0 fully saturated rings. The van der Waals surface area contributed by atoms with Gasteiger partial charge < -0.3 is 14.8 Å². The SMILES string of the molecule is COCCNCCCCOc1cncc(Br)c1. The molecule has 0 spiro atoms. The van der Waals surface area contributed by atoms with E-state index >= 15 is 0 Å². The number of unbranched alkanes of at least 4 members (excludes halogenated alkanes) is 1. The summed E-state index contributed by atoms with van der Waals surface area (Å²) in [5.74, 6) is 0.812. The van der Waals surface area contributed by atoms with E-state index in [9.17, 15) is 0 Å². The quantitative estimate of drug-likeness (QED) is 0.711. The fourth-order valence-electron chi connectivity index (χ4n) is 1.31. The summed E-state index contributed by atoms with van der Waals surface area (Å²) in [4.78, 5) is 4.03. The van der Waals surface area contributed by atoms with Gasteiger partial charge in [0.2, 0.25) is 0 Å². The summed E-state index contributed by atoms with van der Waals surface area (Å²) in [7, 11) is 1.71. The Morgan fingerprint density at radius 1 is 1.24 bits per heavy atom. The molecule has 0 saturated carbocycles. The number of pyridine rings is 1. The Labute approximate surface area is 111 Å². The molecule has 0 aliphatic heterocycles. The van der Waals surface area contributed by atoms with E-state index in [1.54, 1.807) is 19.5 Å². The minimum absolute atomic E-state index is 0.726. The molecule has 0 atom stereocenters. The van der Waals surface area contributed by atoms with Crippen LogP contribution in [0.1, 0.15) is 12.8 Å². The van der Waals surface area contributed by atoms with Crippen LogP contribution in [0.15, 0.2) is 22.9 Å². The first-order valence-corrected chi connectivity index (χ1v) is 6.55. The van der Waals surface area contributed by atoms with Gasteiger partial charge in [0.15, 0.2) is 0 Å². The first kappa shape index (κ1) is 14.4. The molecule has 0 bridgehead atoms. The number of nitrogens with one attached hydrogen (secondary N) is 1. The molecule has 5 heteroatoms. The lowest BCUT2D eigenvalue weighted by molar-refractivity contribution is 0.199. The molecular formula is C12H19BrN2O2. The Hall–Kier alpha value is -0.650. The summed E-state index contributed by atoms with van der Waals surface area (Å²) in [6, 6.07) is 1.92. The smallest absolute Gasteiger partial charge is 0.138 e. The number of hydrogen-bond acceptors (Lipinski definition) is 4. The van der Waals surface area contributed by atoms with E-state index in [1.807, 2.05) is 6.07 Å². The Kier molecular flexibility index (Phi) is 7.96. The summed E-state index contributed by atoms with van der Waals surface area (Å²) in [6.45, 7) is 3.40. The van der Waals surface area contributed by atoms with Gasteiger partial charge in [0.1, 0.15) is 5.75 Å². The maximum atomic E-state index is 5.57. The van der Waals surface area contributed by atoms with Crippen LogP contribution in [0.3, 0.4) is 0 Å². The summed E-state index contributed by atoms with van der Waals surface area (Å²) in [6.07, 6.45) is 5.60. The van der Waals surface area contributed by atoms with Crippen molar-refractivity contribution in [2.24, 2.45) is 0 Å². The van der Waals surface area contributed by atoms with Gasteiger partial charge in [-0.25, -0.2) is 0 Å². The zero-order valence-electron chi connectivity index (χ0n) is 10.1. The fourth-order valence-corrected chi connectivity index (χ4v) is 1.66. The van der Waals surface area contributed by atoms with Crippen LogP contribution in [0.4, 0.5) is 0 Å². The molecule has 17 heavy (non-hydrogen) atoms. The molecule has 0 aromatic carbocycles. The minimum Gasteiger partial charge on any atom is -0.492 e. The summed E-state index contributed by atoms with van der Waals surface area (Å²) < 4.78 is 11.5. The molecule has 0 amide bonds. The normalized spacial score (nSPS) is 10.5. The molecule has 1 aromatic rings. The predicted molar refractivity (Wildman–Crippen MR) is 71.4 cm³/mol. The zero-order chi connectivity index (χ0) is 12.3. The van der Waals surface area contributed by atoms with Gasteiger partial charge in [-0.05, 0) is 41.4 Å². The average Bonchev–Trinajstić information content (AvgIpc) is 2.33. The summed E-state index contributed by atoms with van der Waals surface area (Å²) in [5.41, 5.74) is 0. The maximum Gasteiger partial charge on any atom is 0.138 e. The third-order valence-electron chi connectivity index (χ3n) is 2.18. The van der Waals surface area contributed by atoms with Gasteiger partial charge in [0.25, 0.3) is 0 Å². The Balaban J connectivity index is 1.97. The number of methoxy groups -OCH3 is 1. The van der Waals surface area contributed by atoms with Crippen LogP contribution >= 0.6 is 15.9 Å². The average molecular weight is 303 g/mol. The highest BCUT2D eigenvalue weighted by atomic mass is 79.9. The van der Waals surface area contributed by atoms with Crippen molar-refractivity contribution < 1.29 is 9.47 Å². The van der Waals surface area contributed by atoms with Crippen LogP contribution in [-0.2, 0) is 4.74 Å². The number of halogens is 1. The lowest BCUT2D eigenvalue weighted by Gasteiger charge is -2.06. The molecule has 0 saturated heterocycles. The molecule has 4 nitrogen and oxygen atoms in total. The predicted octanol–water partition coefficient (Wildman–Crippen LogP) is 2.24. The van der Waals surface area contributed by atoms with Crippen LogP contribution in [-0.4, -0.2) is 38.4 Å². The first-order valence-electron chi connectivity index (χ1n) is 5.76. The van der Waals surface area contributed by atoms with Gasteiger partial charge in [-0.15, -0.1) is 0 Å². The largest absolute Gasteiger partial charge is 0.492 e. The molecule has 1 heterocycles. The molecule has 0 radical (unpaired) electrons. The number of hydrogen-bond donors (Lipinski definition) is 1. The van der Waals surface area contributed by atoms with Gasteiger partial charge >= 0.3 is 0 Å². The summed E-state index contributed by atoms with van der Waals surface area (Å²) >= 11 is 3.36. The Bertz CT molecular complexity index is 310. The van der Waals surface area contributed by atoms with Crippen LogP contribution in [0, 0.1) is 0 Å². The highest BCUT2D eigenvalue weighted by Crippen LogP contribution is 2.15. The van der Waals surface area contributed by atoms with Gasteiger partial charge in [-0.1, -0.05) is 0 Å². The van der Waals surface area contributed by atoms with Gasteiger partial charge in [-0.3, -0.25) is 4.98 Å². The van der Waals surface area contributed by atoms with Crippen molar-refractivity contribution in [2.45, 2.75) is 12.8 Å². The van der Waals surface area contributed by atoms with Gasteiger partial charge in [0.05, 0.1) is 19.4 Å². The Morgan fingerprint density at radius 3 is 2.88 bits per heavy atom. The minimum atomic E-state index is 0.726. The fraction of sp³-hybridized carbons (Fsp3) is 0.583. The van der Waals surface area contributed by atoms with Crippen molar-refractivity contribution in [3.63, 3.8) is 0 Å². The van der Waals surface area contributed by atoms with E-state index in [0.29, 0.717) is 0 Å². The Morgan fingerprint density at radius 2 is 2.12 bits per heavy atom.